The third-order valence-corrected chi connectivity index (χ3v) is 4.30. The number of hydrogen-bond acceptors (Lipinski definition) is 3. The number of thiophene rings is 1. The summed E-state index contributed by atoms with van der Waals surface area (Å²) >= 11 is 1.85. The number of rotatable bonds is 1. The van der Waals surface area contributed by atoms with Gasteiger partial charge >= 0.3 is 0 Å². The number of aryl methyl sites for hydroxylation is 3. The van der Waals surface area contributed by atoms with Gasteiger partial charge in [-0.25, -0.2) is 0 Å². The second-order valence-corrected chi connectivity index (χ2v) is 6.24. The predicted molar refractivity (Wildman–Crippen MR) is 78.9 cm³/mol. The second kappa shape index (κ2) is 4.25. The quantitative estimate of drug-likeness (QED) is 0.811. The molecular weight excluding hydrogens is 240 g/mol. The molecule has 2 nitrogen and oxygen atoms in total. The van der Waals surface area contributed by atoms with Crippen molar-refractivity contribution in [1.29, 1.82) is 0 Å². The summed E-state index contributed by atoms with van der Waals surface area (Å²) in [5.74, 6) is 0. The van der Waals surface area contributed by atoms with Crippen molar-refractivity contribution in [2.45, 2.75) is 26.8 Å². The molecule has 0 radical (unpaired) electrons. The van der Waals surface area contributed by atoms with Gasteiger partial charge in [0, 0.05) is 21.0 Å². The molecule has 2 heterocycles. The van der Waals surface area contributed by atoms with E-state index >= 15 is 0 Å². The Kier molecular flexibility index (Phi) is 2.71. The summed E-state index contributed by atoms with van der Waals surface area (Å²) in [6, 6.07) is 8.91. The average Bonchev–Trinajstić information content (AvgIpc) is 2.67. The first-order valence-electron chi connectivity index (χ1n) is 6.11. The van der Waals surface area contributed by atoms with Gasteiger partial charge in [0.05, 0.1) is 6.34 Å². The van der Waals surface area contributed by atoms with Crippen molar-refractivity contribution >= 4 is 23.4 Å². The fraction of sp³-hybridized carbons (Fsp3) is 0.267. The van der Waals surface area contributed by atoms with E-state index in [1.54, 1.807) is 0 Å². The highest BCUT2D eigenvalue weighted by Crippen LogP contribution is 2.38. The smallest absolute Gasteiger partial charge is 0.105 e. The highest BCUT2D eigenvalue weighted by Gasteiger charge is 2.22. The van der Waals surface area contributed by atoms with Gasteiger partial charge in [0.1, 0.15) is 6.04 Å². The minimum Gasteiger partial charge on any atom is -0.346 e. The van der Waals surface area contributed by atoms with Crippen LogP contribution < -0.4 is 5.32 Å². The van der Waals surface area contributed by atoms with Crippen molar-refractivity contribution in [2.75, 3.05) is 5.32 Å². The molecule has 92 valence electrons. The molecule has 18 heavy (non-hydrogen) atoms. The Morgan fingerprint density at radius 3 is 2.67 bits per heavy atom. The van der Waals surface area contributed by atoms with Crippen LogP contribution in [0.15, 0.2) is 29.3 Å². The van der Waals surface area contributed by atoms with Crippen LogP contribution in [-0.2, 0) is 0 Å². The number of benzene rings is 1. The van der Waals surface area contributed by atoms with Crippen LogP contribution in [0, 0.1) is 20.8 Å². The van der Waals surface area contributed by atoms with Gasteiger partial charge in [-0.1, -0.05) is 17.7 Å². The third-order valence-electron chi connectivity index (χ3n) is 3.32. The molecular formula is C15H16N2S. The SMILES string of the molecule is Cc1ccc2c(c1)C(c1cc(C)sc1C)N=CN2. The Hall–Kier alpha value is -1.61. The van der Waals surface area contributed by atoms with E-state index in [0.29, 0.717) is 0 Å². The van der Waals surface area contributed by atoms with E-state index in [4.69, 9.17) is 0 Å². The summed E-state index contributed by atoms with van der Waals surface area (Å²) in [6.07, 6.45) is 1.81. The molecule has 0 saturated heterocycles. The molecule has 3 rings (SSSR count). The maximum absolute atomic E-state index is 4.63. The van der Waals surface area contributed by atoms with Gasteiger partial charge in [0.25, 0.3) is 0 Å². The minimum atomic E-state index is 0.145. The lowest BCUT2D eigenvalue weighted by Gasteiger charge is -2.21. The van der Waals surface area contributed by atoms with E-state index in [-0.39, 0.29) is 6.04 Å². The zero-order valence-corrected chi connectivity index (χ0v) is 11.6. The summed E-state index contributed by atoms with van der Waals surface area (Å²) in [7, 11) is 0. The normalized spacial score (nSPS) is 17.4. The van der Waals surface area contributed by atoms with E-state index in [2.05, 4.69) is 55.3 Å². The Labute approximate surface area is 111 Å². The molecule has 1 aromatic carbocycles. The summed E-state index contributed by atoms with van der Waals surface area (Å²) < 4.78 is 0. The molecule has 0 bridgehead atoms. The highest BCUT2D eigenvalue weighted by molar-refractivity contribution is 7.12. The molecule has 0 amide bonds. The van der Waals surface area contributed by atoms with Gasteiger partial charge in [0.2, 0.25) is 0 Å². The van der Waals surface area contributed by atoms with Crippen molar-refractivity contribution in [3.05, 3.63) is 50.7 Å². The molecule has 0 saturated carbocycles. The molecule has 1 unspecified atom stereocenters. The van der Waals surface area contributed by atoms with Crippen molar-refractivity contribution in [3.8, 4) is 0 Å². The van der Waals surface area contributed by atoms with E-state index in [1.165, 1.54) is 32.1 Å². The maximum Gasteiger partial charge on any atom is 0.105 e. The molecule has 2 aromatic rings. The second-order valence-electron chi connectivity index (χ2n) is 4.78. The van der Waals surface area contributed by atoms with Crippen LogP contribution in [0.25, 0.3) is 0 Å². The minimum absolute atomic E-state index is 0.145. The Balaban J connectivity index is 2.14. The van der Waals surface area contributed by atoms with Crippen LogP contribution in [0.5, 0.6) is 0 Å². The number of aliphatic imine (C=N–C) groups is 1. The van der Waals surface area contributed by atoms with Gasteiger partial charge in [0.15, 0.2) is 0 Å². The fourth-order valence-electron chi connectivity index (χ4n) is 2.47. The van der Waals surface area contributed by atoms with E-state index in [1.807, 2.05) is 17.7 Å². The predicted octanol–water partition coefficient (Wildman–Crippen LogP) is 4.22. The Bertz CT molecular complexity index is 625. The first kappa shape index (κ1) is 11.5. The molecule has 0 spiro atoms. The summed E-state index contributed by atoms with van der Waals surface area (Å²) in [5.41, 5.74) is 5.06. The van der Waals surface area contributed by atoms with Crippen LogP contribution in [0.4, 0.5) is 5.69 Å². The van der Waals surface area contributed by atoms with Gasteiger partial charge < -0.3 is 5.32 Å². The van der Waals surface area contributed by atoms with Crippen molar-refractivity contribution in [2.24, 2.45) is 4.99 Å². The topological polar surface area (TPSA) is 24.4 Å². The average molecular weight is 256 g/mol. The number of nitrogens with one attached hydrogen (secondary N) is 1. The van der Waals surface area contributed by atoms with E-state index in [0.717, 1.165) is 0 Å². The number of fused-ring (bicyclic) bond motifs is 1. The number of hydrogen-bond donors (Lipinski definition) is 1. The van der Waals surface area contributed by atoms with Crippen LogP contribution >= 0.6 is 11.3 Å². The van der Waals surface area contributed by atoms with Gasteiger partial charge in [-0.05, 0) is 38.5 Å². The first-order chi connectivity index (χ1) is 8.65. The van der Waals surface area contributed by atoms with Crippen molar-refractivity contribution < 1.29 is 0 Å². The molecule has 3 heteroatoms. The van der Waals surface area contributed by atoms with Crippen LogP contribution in [0.1, 0.15) is 32.5 Å². The molecule has 1 atom stereocenters. The monoisotopic (exact) mass is 256 g/mol. The van der Waals surface area contributed by atoms with Crippen LogP contribution in [0.2, 0.25) is 0 Å². The molecule has 1 aliphatic heterocycles. The number of nitrogens with zero attached hydrogens (tertiary/aromatic N) is 1. The maximum atomic E-state index is 4.63. The molecule has 0 fully saturated rings. The van der Waals surface area contributed by atoms with E-state index < -0.39 is 0 Å². The first-order valence-corrected chi connectivity index (χ1v) is 6.92. The lowest BCUT2D eigenvalue weighted by molar-refractivity contribution is 0.866. The Morgan fingerprint density at radius 2 is 1.94 bits per heavy atom. The van der Waals surface area contributed by atoms with Crippen LogP contribution in [-0.4, -0.2) is 6.34 Å². The van der Waals surface area contributed by atoms with Gasteiger partial charge in [-0.3, -0.25) is 4.99 Å². The zero-order chi connectivity index (χ0) is 12.7. The standard InChI is InChI=1S/C15H16N2S/c1-9-4-5-14-13(6-9)15(17-8-16-14)12-7-10(2)18-11(12)3/h4-8,15H,1-3H3,(H,16,17). The molecule has 1 aliphatic rings. The summed E-state index contributed by atoms with van der Waals surface area (Å²) in [4.78, 5) is 7.34. The third kappa shape index (κ3) is 1.85. The van der Waals surface area contributed by atoms with Gasteiger partial charge in [-0.15, -0.1) is 11.3 Å². The molecule has 1 N–H and O–H groups in total. The van der Waals surface area contributed by atoms with Gasteiger partial charge in [-0.2, -0.15) is 0 Å². The van der Waals surface area contributed by atoms with E-state index in [9.17, 15) is 0 Å². The molecule has 1 aromatic heterocycles. The summed E-state index contributed by atoms with van der Waals surface area (Å²) in [5, 5.41) is 3.23. The Morgan fingerprint density at radius 1 is 1.11 bits per heavy atom. The van der Waals surface area contributed by atoms with Crippen molar-refractivity contribution in [3.63, 3.8) is 0 Å². The van der Waals surface area contributed by atoms with Crippen molar-refractivity contribution in [1.82, 2.24) is 0 Å². The summed E-state index contributed by atoms with van der Waals surface area (Å²) in [6.45, 7) is 6.46. The fourth-order valence-corrected chi connectivity index (χ4v) is 3.43. The molecule has 0 aliphatic carbocycles. The largest absolute Gasteiger partial charge is 0.346 e. The zero-order valence-electron chi connectivity index (χ0n) is 10.8. The van der Waals surface area contributed by atoms with Crippen LogP contribution in [0.3, 0.4) is 0 Å². The highest BCUT2D eigenvalue weighted by atomic mass is 32.1. The number of anilines is 1. The lowest BCUT2D eigenvalue weighted by atomic mass is 9.95. The lowest BCUT2D eigenvalue weighted by Crippen LogP contribution is -2.11.